The second kappa shape index (κ2) is 6.17. The van der Waals surface area contributed by atoms with Crippen molar-refractivity contribution >= 4 is 0 Å². The number of rotatable bonds is 5. The van der Waals surface area contributed by atoms with Crippen molar-refractivity contribution in [3.8, 4) is 11.8 Å². The van der Waals surface area contributed by atoms with Crippen LogP contribution in [0.15, 0.2) is 18.2 Å². The average molecular weight is 271 g/mol. The van der Waals surface area contributed by atoms with E-state index in [-0.39, 0.29) is 13.1 Å². The minimum Gasteiger partial charge on any atom is -0.487 e. The molecule has 6 heteroatoms. The summed E-state index contributed by atoms with van der Waals surface area (Å²) < 4.78 is 7.35. The molecule has 0 amide bonds. The highest BCUT2D eigenvalue weighted by molar-refractivity contribution is 5.36. The van der Waals surface area contributed by atoms with Gasteiger partial charge in [-0.15, -0.1) is 5.10 Å². The van der Waals surface area contributed by atoms with Crippen LogP contribution in [0.4, 0.5) is 0 Å². The van der Waals surface area contributed by atoms with Gasteiger partial charge in [0.05, 0.1) is 6.07 Å². The number of nitriles is 1. The maximum absolute atomic E-state index is 8.78. The summed E-state index contributed by atoms with van der Waals surface area (Å²) in [4.78, 5) is 0. The predicted octanol–water partition coefficient (Wildman–Crippen LogP) is 1.46. The van der Waals surface area contributed by atoms with E-state index in [2.05, 4.69) is 10.3 Å². The summed E-state index contributed by atoms with van der Waals surface area (Å²) in [5.74, 6) is 0.817. The molecule has 0 atom stereocenters. The number of benzene rings is 1. The highest BCUT2D eigenvalue weighted by Gasteiger charge is 2.12. The van der Waals surface area contributed by atoms with Gasteiger partial charge in [-0.25, -0.2) is 4.68 Å². The molecule has 0 aliphatic heterocycles. The highest BCUT2D eigenvalue weighted by atomic mass is 16.5. The van der Waals surface area contributed by atoms with Crippen molar-refractivity contribution in [1.82, 2.24) is 15.0 Å². The van der Waals surface area contributed by atoms with Crippen LogP contribution in [0.2, 0.25) is 0 Å². The number of hydrogen-bond acceptors (Lipinski definition) is 5. The van der Waals surface area contributed by atoms with Gasteiger partial charge in [-0.2, -0.15) is 5.26 Å². The van der Waals surface area contributed by atoms with Gasteiger partial charge in [0, 0.05) is 6.54 Å². The van der Waals surface area contributed by atoms with Crippen LogP contribution in [0, 0.1) is 25.2 Å². The largest absolute Gasteiger partial charge is 0.487 e. The van der Waals surface area contributed by atoms with Crippen LogP contribution >= 0.6 is 0 Å². The van der Waals surface area contributed by atoms with Crippen molar-refractivity contribution in [2.45, 2.75) is 33.5 Å². The molecule has 0 saturated heterocycles. The molecule has 0 spiro atoms. The van der Waals surface area contributed by atoms with E-state index in [9.17, 15) is 0 Å². The van der Waals surface area contributed by atoms with Gasteiger partial charge in [0.1, 0.15) is 30.3 Å². The third kappa shape index (κ3) is 2.95. The van der Waals surface area contributed by atoms with Crippen LogP contribution in [0.1, 0.15) is 22.5 Å². The normalized spacial score (nSPS) is 10.3. The summed E-state index contributed by atoms with van der Waals surface area (Å²) in [6, 6.07) is 8.08. The Labute approximate surface area is 117 Å². The van der Waals surface area contributed by atoms with Crippen LogP contribution in [0.3, 0.4) is 0 Å². The zero-order chi connectivity index (χ0) is 14.5. The third-order valence-electron chi connectivity index (χ3n) is 3.04. The van der Waals surface area contributed by atoms with Gasteiger partial charge in [0.25, 0.3) is 0 Å². The second-order valence-electron chi connectivity index (χ2n) is 4.56. The zero-order valence-corrected chi connectivity index (χ0v) is 11.6. The molecule has 0 unspecified atom stereocenters. The SMILES string of the molecule is Cc1ccc(C)c(OCc2c(CN)nnn2CC#N)c1. The van der Waals surface area contributed by atoms with Crippen molar-refractivity contribution in [2.75, 3.05) is 0 Å². The number of ether oxygens (including phenoxy) is 1. The summed E-state index contributed by atoms with van der Waals surface area (Å²) >= 11 is 0. The Bertz CT molecular complexity index is 641. The van der Waals surface area contributed by atoms with Gasteiger partial charge in [-0.1, -0.05) is 17.3 Å². The quantitative estimate of drug-likeness (QED) is 0.889. The van der Waals surface area contributed by atoms with Gasteiger partial charge in [-0.05, 0) is 31.0 Å². The van der Waals surface area contributed by atoms with Crippen molar-refractivity contribution < 1.29 is 4.74 Å². The predicted molar refractivity (Wildman–Crippen MR) is 73.8 cm³/mol. The van der Waals surface area contributed by atoms with Gasteiger partial charge >= 0.3 is 0 Å². The van der Waals surface area contributed by atoms with Crippen LogP contribution in [0.5, 0.6) is 5.75 Å². The highest BCUT2D eigenvalue weighted by Crippen LogP contribution is 2.20. The summed E-state index contributed by atoms with van der Waals surface area (Å²) in [5, 5.41) is 16.7. The maximum atomic E-state index is 8.78. The van der Waals surface area contributed by atoms with Crippen molar-refractivity contribution in [2.24, 2.45) is 5.73 Å². The standard InChI is InChI=1S/C14H17N5O/c1-10-3-4-11(2)14(7-10)20-9-13-12(8-16)17-18-19(13)6-5-15/h3-4,7H,6,8-9,16H2,1-2H3. The Kier molecular flexibility index (Phi) is 4.33. The first-order valence-corrected chi connectivity index (χ1v) is 6.34. The molecule has 20 heavy (non-hydrogen) atoms. The molecule has 2 N–H and O–H groups in total. The zero-order valence-electron chi connectivity index (χ0n) is 11.6. The smallest absolute Gasteiger partial charge is 0.132 e. The number of aryl methyl sites for hydroxylation is 2. The van der Waals surface area contributed by atoms with Crippen molar-refractivity contribution in [3.63, 3.8) is 0 Å². The van der Waals surface area contributed by atoms with Gasteiger partial charge < -0.3 is 10.5 Å². The van der Waals surface area contributed by atoms with E-state index < -0.39 is 0 Å². The van der Waals surface area contributed by atoms with Gasteiger partial charge in [0.2, 0.25) is 0 Å². The first-order valence-electron chi connectivity index (χ1n) is 6.34. The summed E-state index contributed by atoms with van der Waals surface area (Å²) in [7, 11) is 0. The van der Waals surface area contributed by atoms with Gasteiger partial charge in [-0.3, -0.25) is 0 Å². The van der Waals surface area contributed by atoms with Crippen LogP contribution in [-0.4, -0.2) is 15.0 Å². The van der Waals surface area contributed by atoms with E-state index in [0.717, 1.165) is 22.6 Å². The molecule has 1 aromatic carbocycles. The van der Waals surface area contributed by atoms with Crippen LogP contribution < -0.4 is 10.5 Å². The average Bonchev–Trinajstić information content (AvgIpc) is 2.82. The maximum Gasteiger partial charge on any atom is 0.132 e. The molecule has 1 heterocycles. The first-order chi connectivity index (χ1) is 9.65. The molecule has 0 aliphatic carbocycles. The monoisotopic (exact) mass is 271 g/mol. The number of nitrogens with two attached hydrogens (primary N) is 1. The molecular formula is C14H17N5O. The summed E-state index contributed by atoms with van der Waals surface area (Å²) in [6.07, 6.45) is 0. The van der Waals surface area contributed by atoms with E-state index in [1.807, 2.05) is 38.1 Å². The first kappa shape index (κ1) is 14.0. The molecule has 0 radical (unpaired) electrons. The number of hydrogen-bond donors (Lipinski definition) is 1. The molecule has 2 rings (SSSR count). The lowest BCUT2D eigenvalue weighted by Gasteiger charge is -2.11. The fourth-order valence-electron chi connectivity index (χ4n) is 1.89. The summed E-state index contributed by atoms with van der Waals surface area (Å²) in [5.41, 5.74) is 9.22. The van der Waals surface area contributed by atoms with E-state index in [0.29, 0.717) is 12.3 Å². The minimum atomic E-state index is 0.137. The fourth-order valence-corrected chi connectivity index (χ4v) is 1.89. The number of nitrogens with zero attached hydrogens (tertiary/aromatic N) is 4. The molecule has 2 aromatic rings. The van der Waals surface area contributed by atoms with E-state index in [4.69, 9.17) is 15.7 Å². The lowest BCUT2D eigenvalue weighted by Crippen LogP contribution is -2.10. The third-order valence-corrected chi connectivity index (χ3v) is 3.04. The van der Waals surface area contributed by atoms with Crippen molar-refractivity contribution in [1.29, 1.82) is 5.26 Å². The Hall–Kier alpha value is -2.39. The Morgan fingerprint density at radius 1 is 1.40 bits per heavy atom. The van der Waals surface area contributed by atoms with E-state index >= 15 is 0 Å². The fraction of sp³-hybridized carbons (Fsp3) is 0.357. The second-order valence-corrected chi connectivity index (χ2v) is 4.56. The van der Waals surface area contributed by atoms with E-state index in [1.165, 1.54) is 4.68 Å². The Balaban J connectivity index is 2.20. The molecule has 104 valence electrons. The number of aromatic nitrogens is 3. The molecule has 0 aliphatic rings. The van der Waals surface area contributed by atoms with Crippen LogP contribution in [-0.2, 0) is 19.7 Å². The Morgan fingerprint density at radius 3 is 2.90 bits per heavy atom. The minimum absolute atomic E-state index is 0.137. The molecule has 1 aromatic heterocycles. The molecule has 0 fully saturated rings. The molecule has 6 nitrogen and oxygen atoms in total. The molecule has 0 bridgehead atoms. The Morgan fingerprint density at radius 2 is 2.20 bits per heavy atom. The lowest BCUT2D eigenvalue weighted by atomic mass is 10.1. The molecule has 0 saturated carbocycles. The van der Waals surface area contributed by atoms with Crippen LogP contribution in [0.25, 0.3) is 0 Å². The van der Waals surface area contributed by atoms with Crippen molar-refractivity contribution in [3.05, 3.63) is 40.7 Å². The summed E-state index contributed by atoms with van der Waals surface area (Å²) in [6.45, 7) is 4.71. The topological polar surface area (TPSA) is 89.8 Å². The van der Waals surface area contributed by atoms with E-state index in [1.54, 1.807) is 0 Å². The molecular weight excluding hydrogens is 254 g/mol. The lowest BCUT2D eigenvalue weighted by molar-refractivity contribution is 0.290. The van der Waals surface area contributed by atoms with Gasteiger partial charge in [0.15, 0.2) is 0 Å².